The number of carbonyl (C=O) groups is 1. The number of hydrogen-bond donors (Lipinski definition) is 2. The van der Waals surface area contributed by atoms with Crippen LogP contribution in [0, 0.1) is 6.92 Å². The zero-order valence-electron chi connectivity index (χ0n) is 10.6. The minimum absolute atomic E-state index is 0.00498. The summed E-state index contributed by atoms with van der Waals surface area (Å²) >= 11 is 0. The average molecular weight is 250 g/mol. The minimum Gasteiger partial charge on any atom is -0.389 e. The summed E-state index contributed by atoms with van der Waals surface area (Å²) in [5.41, 5.74) is 0. The van der Waals surface area contributed by atoms with Crippen molar-refractivity contribution >= 4 is 11.7 Å². The van der Waals surface area contributed by atoms with Crippen LogP contribution < -0.4 is 5.32 Å². The topological polar surface area (TPSA) is 78.4 Å². The number of aliphatic hydroxyl groups is 1. The van der Waals surface area contributed by atoms with Crippen LogP contribution in [0.3, 0.4) is 0 Å². The summed E-state index contributed by atoms with van der Waals surface area (Å²) in [6.07, 6.45) is 1.82. The summed E-state index contributed by atoms with van der Waals surface area (Å²) < 4.78 is 0. The molecule has 1 amide bonds. The largest absolute Gasteiger partial charge is 0.389 e. The van der Waals surface area contributed by atoms with Crippen molar-refractivity contribution in [3.63, 3.8) is 0 Å². The maximum absolute atomic E-state index is 11.2. The van der Waals surface area contributed by atoms with Gasteiger partial charge in [0.05, 0.1) is 12.1 Å². The fourth-order valence-electron chi connectivity index (χ4n) is 2.11. The molecule has 6 nitrogen and oxygen atoms in total. The Balaban J connectivity index is 1.97. The number of nitrogens with one attached hydrogen (secondary N) is 1. The quantitative estimate of drug-likeness (QED) is 0.782. The van der Waals surface area contributed by atoms with Crippen molar-refractivity contribution in [2.45, 2.75) is 32.4 Å². The summed E-state index contributed by atoms with van der Waals surface area (Å²) in [6.45, 7) is 4.37. The molecule has 18 heavy (non-hydrogen) atoms. The van der Waals surface area contributed by atoms with E-state index in [1.807, 2.05) is 6.92 Å². The van der Waals surface area contributed by atoms with Crippen LogP contribution in [0.5, 0.6) is 0 Å². The summed E-state index contributed by atoms with van der Waals surface area (Å²) in [4.78, 5) is 21.2. The van der Waals surface area contributed by atoms with E-state index in [-0.39, 0.29) is 11.9 Å². The maximum atomic E-state index is 11.2. The van der Waals surface area contributed by atoms with Gasteiger partial charge in [0.15, 0.2) is 0 Å². The molecule has 0 aliphatic carbocycles. The number of amides is 1. The van der Waals surface area contributed by atoms with Crippen molar-refractivity contribution in [2.75, 3.05) is 18.4 Å². The number of carbonyl (C=O) groups excluding carboxylic acids is 1. The van der Waals surface area contributed by atoms with Gasteiger partial charge in [0, 0.05) is 26.2 Å². The Morgan fingerprint density at radius 1 is 1.61 bits per heavy atom. The third-order valence-electron chi connectivity index (χ3n) is 3.14. The van der Waals surface area contributed by atoms with Crippen molar-refractivity contribution in [3.05, 3.63) is 18.1 Å². The lowest BCUT2D eigenvalue weighted by molar-refractivity contribution is -0.132. The van der Waals surface area contributed by atoms with Crippen LogP contribution in [0.4, 0.5) is 5.82 Å². The monoisotopic (exact) mass is 250 g/mol. The second-order valence-electron chi connectivity index (χ2n) is 4.56. The summed E-state index contributed by atoms with van der Waals surface area (Å²) in [5.74, 6) is 1.41. The van der Waals surface area contributed by atoms with Gasteiger partial charge in [-0.1, -0.05) is 0 Å². The van der Waals surface area contributed by atoms with Gasteiger partial charge in [-0.3, -0.25) is 4.79 Å². The van der Waals surface area contributed by atoms with Crippen molar-refractivity contribution in [3.8, 4) is 0 Å². The molecule has 2 N–H and O–H groups in total. The zero-order valence-corrected chi connectivity index (χ0v) is 10.6. The number of aromatic nitrogens is 2. The number of rotatable bonds is 2. The van der Waals surface area contributed by atoms with E-state index in [2.05, 4.69) is 15.3 Å². The predicted octanol–water partition coefficient (Wildman–Crippen LogP) is 0.179. The molecule has 98 valence electrons. The third kappa shape index (κ3) is 2.95. The van der Waals surface area contributed by atoms with E-state index >= 15 is 0 Å². The highest BCUT2D eigenvalue weighted by Crippen LogP contribution is 2.15. The van der Waals surface area contributed by atoms with Crippen molar-refractivity contribution < 1.29 is 9.90 Å². The van der Waals surface area contributed by atoms with Crippen LogP contribution in [0.25, 0.3) is 0 Å². The van der Waals surface area contributed by atoms with Gasteiger partial charge in [-0.05, 0) is 19.4 Å². The van der Waals surface area contributed by atoms with Gasteiger partial charge in [-0.2, -0.15) is 0 Å². The Bertz CT molecular complexity index is 438. The molecule has 2 atom stereocenters. The van der Waals surface area contributed by atoms with E-state index in [9.17, 15) is 9.90 Å². The average Bonchev–Trinajstić information content (AvgIpc) is 2.31. The molecule has 6 heteroatoms. The lowest BCUT2D eigenvalue weighted by atomic mass is 10.0. The fraction of sp³-hybridized carbons (Fsp3) is 0.583. The molecule has 0 spiro atoms. The standard InChI is InChI=1S/C12H18N4O2/c1-8-13-5-3-12(14-8)15-10-4-6-16(9(2)17)7-11(10)18/h3,5,10-11,18H,4,6-7H2,1-2H3,(H,13,14,15)/t10-,11-/m1/s1. The SMILES string of the molecule is CC(=O)N1CC[C@@H](Nc2ccnc(C)n2)[C@H](O)C1. The Morgan fingerprint density at radius 2 is 2.39 bits per heavy atom. The van der Waals surface area contributed by atoms with Crippen molar-refractivity contribution in [2.24, 2.45) is 0 Å². The van der Waals surface area contributed by atoms with E-state index in [0.29, 0.717) is 31.2 Å². The number of β-amino-alcohol motifs (C(OH)–C–C–N with tert-alkyl or cyclic N) is 1. The molecule has 1 fully saturated rings. The number of likely N-dealkylation sites (tertiary alicyclic amines) is 1. The van der Waals surface area contributed by atoms with Crippen LogP contribution in [0.15, 0.2) is 12.3 Å². The number of hydrogen-bond acceptors (Lipinski definition) is 5. The smallest absolute Gasteiger partial charge is 0.219 e. The van der Waals surface area contributed by atoms with Crippen LogP contribution >= 0.6 is 0 Å². The highest BCUT2D eigenvalue weighted by molar-refractivity contribution is 5.73. The maximum Gasteiger partial charge on any atom is 0.219 e. The van der Waals surface area contributed by atoms with Gasteiger partial charge < -0.3 is 15.3 Å². The van der Waals surface area contributed by atoms with Gasteiger partial charge in [0.2, 0.25) is 5.91 Å². The molecular weight excluding hydrogens is 232 g/mol. The number of aryl methyl sites for hydroxylation is 1. The fourth-order valence-corrected chi connectivity index (χ4v) is 2.11. The molecule has 1 aromatic rings. The van der Waals surface area contributed by atoms with Gasteiger partial charge >= 0.3 is 0 Å². The van der Waals surface area contributed by atoms with Gasteiger partial charge in [-0.25, -0.2) is 9.97 Å². The van der Waals surface area contributed by atoms with E-state index in [1.54, 1.807) is 17.2 Å². The molecule has 1 aromatic heterocycles. The van der Waals surface area contributed by atoms with Crippen LogP contribution in [0.1, 0.15) is 19.2 Å². The van der Waals surface area contributed by atoms with Crippen LogP contribution in [0.2, 0.25) is 0 Å². The number of anilines is 1. The van der Waals surface area contributed by atoms with E-state index < -0.39 is 6.10 Å². The van der Waals surface area contributed by atoms with E-state index in [4.69, 9.17) is 0 Å². The molecule has 0 aromatic carbocycles. The van der Waals surface area contributed by atoms with Gasteiger partial charge in [-0.15, -0.1) is 0 Å². The first-order chi connectivity index (χ1) is 8.56. The summed E-state index contributed by atoms with van der Waals surface area (Å²) in [7, 11) is 0. The third-order valence-corrected chi connectivity index (χ3v) is 3.14. The highest BCUT2D eigenvalue weighted by atomic mass is 16.3. The second kappa shape index (κ2) is 5.30. The molecule has 1 saturated heterocycles. The van der Waals surface area contributed by atoms with Crippen LogP contribution in [-0.4, -0.2) is 51.1 Å². The summed E-state index contributed by atoms with van der Waals surface area (Å²) in [6, 6.07) is 1.70. The molecule has 2 rings (SSSR count). The normalized spacial score (nSPS) is 23.8. The molecule has 2 heterocycles. The zero-order chi connectivity index (χ0) is 13.1. The number of nitrogens with zero attached hydrogens (tertiary/aromatic N) is 3. The lowest BCUT2D eigenvalue weighted by Crippen LogP contribution is -2.51. The first-order valence-corrected chi connectivity index (χ1v) is 6.06. The van der Waals surface area contributed by atoms with E-state index in [0.717, 1.165) is 0 Å². The molecule has 1 aliphatic rings. The Morgan fingerprint density at radius 3 is 3.00 bits per heavy atom. The Hall–Kier alpha value is -1.69. The molecule has 0 saturated carbocycles. The van der Waals surface area contributed by atoms with Gasteiger partial charge in [0.25, 0.3) is 0 Å². The summed E-state index contributed by atoms with van der Waals surface area (Å²) in [5, 5.41) is 13.2. The molecule has 0 radical (unpaired) electrons. The lowest BCUT2D eigenvalue weighted by Gasteiger charge is -2.36. The van der Waals surface area contributed by atoms with Gasteiger partial charge in [0.1, 0.15) is 11.6 Å². The highest BCUT2D eigenvalue weighted by Gasteiger charge is 2.28. The molecule has 0 unspecified atom stereocenters. The number of aliphatic hydroxyl groups excluding tert-OH is 1. The Kier molecular flexibility index (Phi) is 3.76. The van der Waals surface area contributed by atoms with Crippen molar-refractivity contribution in [1.82, 2.24) is 14.9 Å². The second-order valence-corrected chi connectivity index (χ2v) is 4.56. The molecular formula is C12H18N4O2. The molecule has 0 bridgehead atoms. The first-order valence-electron chi connectivity index (χ1n) is 6.06. The Labute approximate surface area is 106 Å². The number of piperidine rings is 1. The molecule has 1 aliphatic heterocycles. The van der Waals surface area contributed by atoms with E-state index in [1.165, 1.54) is 6.92 Å². The minimum atomic E-state index is -0.571. The van der Waals surface area contributed by atoms with Crippen LogP contribution in [-0.2, 0) is 4.79 Å². The predicted molar refractivity (Wildman–Crippen MR) is 67.1 cm³/mol. The van der Waals surface area contributed by atoms with Crippen molar-refractivity contribution in [1.29, 1.82) is 0 Å². The first kappa shape index (κ1) is 12.8.